The summed E-state index contributed by atoms with van der Waals surface area (Å²) in [4.78, 5) is 35.7. The summed E-state index contributed by atoms with van der Waals surface area (Å²) in [5, 5.41) is 9.38. The van der Waals surface area contributed by atoms with Gasteiger partial charge in [-0.2, -0.15) is 5.26 Å². The van der Waals surface area contributed by atoms with Crippen LogP contribution in [0.25, 0.3) is 4.85 Å². The minimum Gasteiger partial charge on any atom is -0.330 e. The van der Waals surface area contributed by atoms with Gasteiger partial charge in [0.15, 0.2) is 5.69 Å². The number of hydrogen-bond donors (Lipinski definition) is 1. The average Bonchev–Trinajstić information content (AvgIpc) is 3.14. The topological polar surface area (TPSA) is 98.0 Å². The highest BCUT2D eigenvalue weighted by Gasteiger charge is 2.56. The molecule has 0 radical (unpaired) electrons. The van der Waals surface area contributed by atoms with Crippen molar-refractivity contribution in [2.24, 2.45) is 11.7 Å². The molecule has 5 aliphatic rings. The number of rotatable bonds is 4. The van der Waals surface area contributed by atoms with Crippen LogP contribution in [0.3, 0.4) is 0 Å². The SMILES string of the molecule is [C-]#[N+]c1ccc2c(c1)CC[C@H]2N1C(=O)[C@H]2C[C@@H]1CN2C[C@H](N)C(=O)N1[C@H](C#N)CC2C[C@@H]21. The molecular weight excluding hydrogens is 404 g/mol. The molecule has 3 heterocycles. The highest BCUT2D eigenvalue weighted by atomic mass is 16.2. The minimum absolute atomic E-state index is 0.0810. The molecule has 164 valence electrons. The Hall–Kier alpha value is -2.94. The molecule has 1 aromatic carbocycles. The van der Waals surface area contributed by atoms with E-state index in [2.05, 4.69) is 20.7 Å². The first-order chi connectivity index (χ1) is 15.5. The second kappa shape index (κ2) is 7.03. The van der Waals surface area contributed by atoms with Crippen LogP contribution in [-0.4, -0.2) is 69.8 Å². The number of likely N-dealkylation sites (tertiary alicyclic amines) is 3. The van der Waals surface area contributed by atoms with Crippen LogP contribution in [0.2, 0.25) is 0 Å². The first-order valence-corrected chi connectivity index (χ1v) is 11.5. The fraction of sp³-hybridized carbons (Fsp3) is 0.583. The molecule has 0 aromatic heterocycles. The van der Waals surface area contributed by atoms with E-state index in [1.165, 1.54) is 11.1 Å². The molecule has 3 aliphatic heterocycles. The number of nitrogens with zero attached hydrogens (tertiary/aromatic N) is 5. The predicted octanol–water partition coefficient (Wildman–Crippen LogP) is 1.35. The normalized spacial score (nSPS) is 35.4. The molecule has 2 aliphatic carbocycles. The Morgan fingerprint density at radius 3 is 2.91 bits per heavy atom. The van der Waals surface area contributed by atoms with Crippen molar-refractivity contribution in [3.8, 4) is 6.07 Å². The van der Waals surface area contributed by atoms with Crippen LogP contribution in [0, 0.1) is 23.8 Å². The van der Waals surface area contributed by atoms with Gasteiger partial charge in [-0.1, -0.05) is 23.8 Å². The summed E-state index contributed by atoms with van der Waals surface area (Å²) in [5.74, 6) is 0.453. The molecule has 6 rings (SSSR count). The Labute approximate surface area is 187 Å². The molecule has 1 saturated carbocycles. The van der Waals surface area contributed by atoms with E-state index in [4.69, 9.17) is 12.3 Å². The zero-order valence-electron chi connectivity index (χ0n) is 17.9. The lowest BCUT2D eigenvalue weighted by Crippen LogP contribution is -2.57. The highest BCUT2D eigenvalue weighted by Crippen LogP contribution is 2.48. The van der Waals surface area contributed by atoms with Gasteiger partial charge in [0.1, 0.15) is 6.04 Å². The number of piperazine rings is 1. The number of fused-ring (bicyclic) bond motifs is 4. The summed E-state index contributed by atoms with van der Waals surface area (Å²) in [7, 11) is 0. The van der Waals surface area contributed by atoms with Gasteiger partial charge in [-0.25, -0.2) is 4.85 Å². The molecule has 2 bridgehead atoms. The van der Waals surface area contributed by atoms with Crippen molar-refractivity contribution < 1.29 is 9.59 Å². The Bertz CT molecular complexity index is 1090. The second-order valence-electron chi connectivity index (χ2n) is 9.95. The molecule has 32 heavy (non-hydrogen) atoms. The van der Waals surface area contributed by atoms with Crippen molar-refractivity contribution in [1.82, 2.24) is 14.7 Å². The largest absolute Gasteiger partial charge is 0.330 e. The van der Waals surface area contributed by atoms with E-state index in [9.17, 15) is 14.9 Å². The third-order valence-corrected chi connectivity index (χ3v) is 8.21. The summed E-state index contributed by atoms with van der Waals surface area (Å²) >= 11 is 0. The van der Waals surface area contributed by atoms with Gasteiger partial charge < -0.3 is 15.5 Å². The van der Waals surface area contributed by atoms with E-state index in [1.54, 1.807) is 4.90 Å². The number of nitriles is 1. The summed E-state index contributed by atoms with van der Waals surface area (Å²) in [6.45, 7) is 8.32. The van der Waals surface area contributed by atoms with E-state index >= 15 is 0 Å². The van der Waals surface area contributed by atoms with Crippen LogP contribution in [-0.2, 0) is 16.0 Å². The Morgan fingerprint density at radius 2 is 2.16 bits per heavy atom. The quantitative estimate of drug-likeness (QED) is 0.727. The number of benzene rings is 1. The van der Waals surface area contributed by atoms with Gasteiger partial charge in [0.25, 0.3) is 0 Å². The fourth-order valence-electron chi connectivity index (χ4n) is 6.65. The highest BCUT2D eigenvalue weighted by molar-refractivity contribution is 5.87. The molecule has 2 N–H and O–H groups in total. The second-order valence-corrected chi connectivity index (χ2v) is 9.95. The van der Waals surface area contributed by atoms with Crippen LogP contribution in [0.5, 0.6) is 0 Å². The number of nitrogens with two attached hydrogens (primary N) is 1. The van der Waals surface area contributed by atoms with Crippen LogP contribution in [0.15, 0.2) is 18.2 Å². The van der Waals surface area contributed by atoms with Gasteiger partial charge in [-0.05, 0) is 43.6 Å². The van der Waals surface area contributed by atoms with Gasteiger partial charge in [0.2, 0.25) is 11.8 Å². The molecular formula is C24H26N6O2. The molecule has 8 heteroatoms. The smallest absolute Gasteiger partial charge is 0.242 e. The van der Waals surface area contributed by atoms with Crippen LogP contribution >= 0.6 is 0 Å². The lowest BCUT2D eigenvalue weighted by atomic mass is 10.0. The van der Waals surface area contributed by atoms with E-state index in [0.29, 0.717) is 18.2 Å². The summed E-state index contributed by atoms with van der Waals surface area (Å²) in [6, 6.07) is 7.20. The maximum atomic E-state index is 13.3. The number of piperidine rings is 1. The first-order valence-electron chi connectivity index (χ1n) is 11.5. The summed E-state index contributed by atoms with van der Waals surface area (Å²) < 4.78 is 0. The molecule has 4 fully saturated rings. The fourth-order valence-corrected chi connectivity index (χ4v) is 6.65. The van der Waals surface area contributed by atoms with Crippen LogP contribution in [0.4, 0.5) is 5.69 Å². The predicted molar refractivity (Wildman–Crippen MR) is 115 cm³/mol. The zero-order chi connectivity index (χ0) is 22.1. The van der Waals surface area contributed by atoms with Gasteiger partial charge >= 0.3 is 0 Å². The summed E-state index contributed by atoms with van der Waals surface area (Å²) in [5.41, 5.74) is 9.31. The van der Waals surface area contributed by atoms with E-state index < -0.39 is 6.04 Å². The molecule has 1 aromatic rings. The lowest BCUT2D eigenvalue weighted by molar-refractivity contribution is -0.141. The van der Waals surface area contributed by atoms with Gasteiger partial charge in [-0.3, -0.25) is 14.5 Å². The van der Waals surface area contributed by atoms with Gasteiger partial charge in [0.05, 0.1) is 30.8 Å². The number of carbonyl (C=O) groups excluding carboxylic acids is 2. The number of amides is 2. The van der Waals surface area contributed by atoms with Crippen molar-refractivity contribution in [3.05, 3.63) is 40.7 Å². The number of carbonyl (C=O) groups is 2. The maximum Gasteiger partial charge on any atom is 0.242 e. The lowest BCUT2D eigenvalue weighted by Gasteiger charge is -2.38. The molecule has 1 unspecified atom stereocenters. The number of aryl methyl sites for hydroxylation is 1. The third-order valence-electron chi connectivity index (χ3n) is 8.21. The molecule has 3 saturated heterocycles. The van der Waals surface area contributed by atoms with E-state index in [0.717, 1.165) is 38.6 Å². The van der Waals surface area contributed by atoms with E-state index in [-0.39, 0.29) is 42.0 Å². The van der Waals surface area contributed by atoms with Crippen LogP contribution in [0.1, 0.15) is 42.9 Å². The molecule has 7 atom stereocenters. The average molecular weight is 431 g/mol. The maximum absolute atomic E-state index is 13.3. The minimum atomic E-state index is -0.704. The zero-order valence-corrected chi connectivity index (χ0v) is 17.9. The number of hydrogen-bond acceptors (Lipinski definition) is 5. The Balaban J connectivity index is 1.13. The summed E-state index contributed by atoms with van der Waals surface area (Å²) in [6.07, 6.45) is 4.32. The molecule has 2 amide bonds. The standard InChI is InChI=1S/C24H26N6O2/c1-27-15-3-4-18-13(6-15)2-5-20(18)30-17-9-22(24(30)32)28(11-17)12-19(26)23(31)29-16(10-25)7-14-8-21(14)29/h3-4,6,14,16-17,19-22H,2,5,7-9,11-12,26H2/t14?,16-,17+,19-,20+,21-,22+/m0/s1. The Morgan fingerprint density at radius 1 is 1.31 bits per heavy atom. The molecule has 0 spiro atoms. The van der Waals surface area contributed by atoms with Crippen LogP contribution < -0.4 is 5.73 Å². The van der Waals surface area contributed by atoms with Crippen molar-refractivity contribution in [3.63, 3.8) is 0 Å². The van der Waals surface area contributed by atoms with Crippen molar-refractivity contribution in [2.45, 2.75) is 68.4 Å². The Kier molecular flexibility index (Phi) is 4.33. The van der Waals surface area contributed by atoms with Crippen molar-refractivity contribution in [2.75, 3.05) is 13.1 Å². The monoisotopic (exact) mass is 430 g/mol. The van der Waals surface area contributed by atoms with Crippen molar-refractivity contribution in [1.29, 1.82) is 5.26 Å². The van der Waals surface area contributed by atoms with Gasteiger partial charge in [0, 0.05) is 25.2 Å². The molecule has 8 nitrogen and oxygen atoms in total. The first kappa shape index (κ1) is 19.7. The van der Waals surface area contributed by atoms with Crippen molar-refractivity contribution >= 4 is 17.5 Å². The van der Waals surface area contributed by atoms with E-state index in [1.807, 2.05) is 18.2 Å². The van der Waals surface area contributed by atoms with Gasteiger partial charge in [-0.15, -0.1) is 0 Å². The third kappa shape index (κ3) is 2.80.